The maximum absolute atomic E-state index is 12.9. The molecule has 0 fully saturated rings. The minimum absolute atomic E-state index is 0.194. The third-order valence-electron chi connectivity index (χ3n) is 3.83. The molecule has 0 aliphatic carbocycles. The molecule has 0 atom stereocenters. The van der Waals surface area contributed by atoms with Crippen molar-refractivity contribution in [1.82, 2.24) is 4.31 Å². The average molecular weight is 323 g/mol. The number of ether oxygens (including phenoxy) is 1. The van der Waals surface area contributed by atoms with Crippen LogP contribution < -0.4 is 4.74 Å². The summed E-state index contributed by atoms with van der Waals surface area (Å²) >= 11 is 0. The molecule has 0 saturated carbocycles. The van der Waals surface area contributed by atoms with E-state index < -0.39 is 10.0 Å². The monoisotopic (exact) mass is 323 g/mol. The summed E-state index contributed by atoms with van der Waals surface area (Å²) in [6.07, 6.45) is 1.53. The number of sulfonamides is 1. The Hall–Kier alpha value is -1.79. The largest absolute Gasteiger partial charge is 0.496 e. The van der Waals surface area contributed by atoms with Crippen LogP contribution in [0.3, 0.4) is 0 Å². The van der Waals surface area contributed by atoms with Crippen LogP contribution in [0, 0.1) is 20.8 Å². The van der Waals surface area contributed by atoms with Crippen LogP contribution in [0.5, 0.6) is 5.75 Å². The Morgan fingerprint density at radius 1 is 1.23 bits per heavy atom. The highest BCUT2D eigenvalue weighted by Crippen LogP contribution is 2.32. The second-order valence-corrected chi connectivity index (χ2v) is 7.30. The molecule has 120 valence electrons. The van der Waals surface area contributed by atoms with E-state index >= 15 is 0 Å². The molecule has 0 aliphatic heterocycles. The smallest absolute Gasteiger partial charge is 0.243 e. The normalized spacial score (nSPS) is 11.9. The van der Waals surface area contributed by atoms with Gasteiger partial charge in [-0.25, -0.2) is 8.42 Å². The number of hydrogen-bond donors (Lipinski definition) is 0. The number of benzene rings is 1. The lowest BCUT2D eigenvalue weighted by atomic mass is 10.1. The van der Waals surface area contributed by atoms with E-state index in [1.54, 1.807) is 46.2 Å². The fraction of sp³-hybridized carbons (Fsp3) is 0.375. The Labute approximate surface area is 131 Å². The summed E-state index contributed by atoms with van der Waals surface area (Å²) in [6.45, 7) is 5.64. The van der Waals surface area contributed by atoms with Gasteiger partial charge < -0.3 is 9.15 Å². The van der Waals surface area contributed by atoms with Gasteiger partial charge in [-0.15, -0.1) is 0 Å². The first-order chi connectivity index (χ1) is 10.3. The van der Waals surface area contributed by atoms with Gasteiger partial charge in [0.25, 0.3) is 0 Å². The maximum atomic E-state index is 12.9. The van der Waals surface area contributed by atoms with Crippen molar-refractivity contribution in [2.75, 3.05) is 14.2 Å². The highest BCUT2D eigenvalue weighted by atomic mass is 32.2. The number of hydrogen-bond acceptors (Lipinski definition) is 4. The molecule has 2 aromatic rings. The molecule has 0 radical (unpaired) electrons. The molecule has 0 aliphatic rings. The zero-order valence-corrected chi connectivity index (χ0v) is 14.3. The van der Waals surface area contributed by atoms with Crippen molar-refractivity contribution >= 4 is 10.0 Å². The van der Waals surface area contributed by atoms with Crippen molar-refractivity contribution in [3.8, 4) is 5.75 Å². The molecule has 0 amide bonds. The van der Waals surface area contributed by atoms with Crippen LogP contribution in [-0.4, -0.2) is 26.9 Å². The Morgan fingerprint density at radius 2 is 1.91 bits per heavy atom. The van der Waals surface area contributed by atoms with Crippen molar-refractivity contribution in [2.45, 2.75) is 32.2 Å². The van der Waals surface area contributed by atoms with E-state index in [2.05, 4.69) is 0 Å². The first-order valence-corrected chi connectivity index (χ1v) is 8.36. The van der Waals surface area contributed by atoms with Crippen LogP contribution in [0.2, 0.25) is 0 Å². The third kappa shape index (κ3) is 2.89. The molecule has 1 aromatic carbocycles. The van der Waals surface area contributed by atoms with Gasteiger partial charge in [0.1, 0.15) is 11.5 Å². The van der Waals surface area contributed by atoms with Gasteiger partial charge in [0, 0.05) is 7.05 Å². The van der Waals surface area contributed by atoms with Crippen molar-refractivity contribution in [3.05, 3.63) is 46.9 Å². The third-order valence-corrected chi connectivity index (χ3v) is 5.92. The van der Waals surface area contributed by atoms with Crippen LogP contribution in [0.1, 0.15) is 22.5 Å². The highest BCUT2D eigenvalue weighted by molar-refractivity contribution is 7.89. The molecule has 0 saturated heterocycles. The number of methoxy groups -OCH3 is 1. The molecule has 0 spiro atoms. The van der Waals surface area contributed by atoms with Gasteiger partial charge in [-0.2, -0.15) is 4.31 Å². The van der Waals surface area contributed by atoms with E-state index in [1.807, 2.05) is 6.92 Å². The van der Waals surface area contributed by atoms with Crippen molar-refractivity contribution in [2.24, 2.45) is 0 Å². The van der Waals surface area contributed by atoms with Gasteiger partial charge in [0.15, 0.2) is 0 Å². The standard InChI is InChI=1S/C16H21NO4S/c1-11-9-15(20-5)12(2)13(3)16(11)22(18,19)17(4)10-14-7-6-8-21-14/h6-9H,10H2,1-5H3. The Kier molecular flexibility index (Phi) is 4.63. The second-order valence-electron chi connectivity index (χ2n) is 5.32. The van der Waals surface area contributed by atoms with Gasteiger partial charge in [-0.1, -0.05) is 0 Å². The summed E-state index contributed by atoms with van der Waals surface area (Å²) in [5.41, 5.74) is 2.22. The minimum atomic E-state index is -3.61. The molecule has 5 nitrogen and oxygen atoms in total. The van der Waals surface area contributed by atoms with Gasteiger partial charge in [-0.3, -0.25) is 0 Å². The lowest BCUT2D eigenvalue weighted by Crippen LogP contribution is -2.28. The molecule has 0 unspecified atom stereocenters. The van der Waals surface area contributed by atoms with Crippen molar-refractivity contribution in [1.29, 1.82) is 0 Å². The summed E-state index contributed by atoms with van der Waals surface area (Å²) in [7, 11) is -0.472. The highest BCUT2D eigenvalue weighted by Gasteiger charge is 2.27. The number of aryl methyl sites for hydroxylation is 1. The Morgan fingerprint density at radius 3 is 2.45 bits per heavy atom. The van der Waals surface area contributed by atoms with Crippen LogP contribution >= 0.6 is 0 Å². The molecule has 1 heterocycles. The lowest BCUT2D eigenvalue weighted by molar-refractivity contribution is 0.403. The van der Waals surface area contributed by atoms with Gasteiger partial charge in [0.2, 0.25) is 10.0 Å². The van der Waals surface area contributed by atoms with E-state index in [-0.39, 0.29) is 6.54 Å². The summed E-state index contributed by atoms with van der Waals surface area (Å²) in [5, 5.41) is 0. The number of nitrogens with zero attached hydrogens (tertiary/aromatic N) is 1. The van der Waals surface area contributed by atoms with E-state index in [0.717, 1.165) is 5.56 Å². The SMILES string of the molecule is COc1cc(C)c(S(=O)(=O)N(C)Cc2ccco2)c(C)c1C. The summed E-state index contributed by atoms with van der Waals surface area (Å²) < 4.78 is 37.6. The number of rotatable bonds is 5. The van der Waals surface area contributed by atoms with Crippen molar-refractivity contribution in [3.63, 3.8) is 0 Å². The van der Waals surface area contributed by atoms with E-state index in [1.165, 1.54) is 10.6 Å². The average Bonchev–Trinajstić information content (AvgIpc) is 2.95. The van der Waals surface area contributed by atoms with E-state index in [0.29, 0.717) is 27.5 Å². The van der Waals surface area contributed by atoms with Gasteiger partial charge in [0.05, 0.1) is 24.8 Å². The Bertz CT molecular complexity index is 764. The fourth-order valence-electron chi connectivity index (χ4n) is 2.49. The number of furan rings is 1. The quantitative estimate of drug-likeness (QED) is 0.848. The van der Waals surface area contributed by atoms with Gasteiger partial charge in [-0.05, 0) is 55.7 Å². The molecule has 6 heteroatoms. The topological polar surface area (TPSA) is 59.8 Å². The first kappa shape index (κ1) is 16.6. The zero-order valence-electron chi connectivity index (χ0n) is 13.5. The molecular weight excluding hydrogens is 302 g/mol. The Balaban J connectivity index is 2.47. The van der Waals surface area contributed by atoms with Crippen molar-refractivity contribution < 1.29 is 17.6 Å². The first-order valence-electron chi connectivity index (χ1n) is 6.92. The van der Waals surface area contributed by atoms with Crippen LogP contribution in [0.25, 0.3) is 0 Å². The zero-order chi connectivity index (χ0) is 16.5. The fourth-order valence-corrected chi connectivity index (χ4v) is 4.11. The minimum Gasteiger partial charge on any atom is -0.496 e. The lowest BCUT2D eigenvalue weighted by Gasteiger charge is -2.21. The predicted octanol–water partition coefficient (Wildman–Crippen LogP) is 3.03. The molecular formula is C16H21NO4S. The van der Waals surface area contributed by atoms with Crippen LogP contribution in [0.15, 0.2) is 33.8 Å². The predicted molar refractivity (Wildman–Crippen MR) is 84.6 cm³/mol. The van der Waals surface area contributed by atoms with E-state index in [9.17, 15) is 8.42 Å². The van der Waals surface area contributed by atoms with E-state index in [4.69, 9.17) is 9.15 Å². The molecule has 1 aromatic heterocycles. The molecule has 22 heavy (non-hydrogen) atoms. The molecule has 2 rings (SSSR count). The van der Waals surface area contributed by atoms with Crippen LogP contribution in [0.4, 0.5) is 0 Å². The summed E-state index contributed by atoms with van der Waals surface area (Å²) in [6, 6.07) is 5.25. The second kappa shape index (κ2) is 6.14. The summed E-state index contributed by atoms with van der Waals surface area (Å²) in [4.78, 5) is 0.333. The molecule has 0 N–H and O–H groups in total. The van der Waals surface area contributed by atoms with Crippen LogP contribution in [-0.2, 0) is 16.6 Å². The van der Waals surface area contributed by atoms with Gasteiger partial charge >= 0.3 is 0 Å². The molecule has 0 bridgehead atoms. The maximum Gasteiger partial charge on any atom is 0.243 e. The summed E-state index contributed by atoms with van der Waals surface area (Å²) in [5.74, 6) is 1.30.